The van der Waals surface area contributed by atoms with E-state index in [-0.39, 0.29) is 22.8 Å². The third-order valence-electron chi connectivity index (χ3n) is 3.27. The second-order valence-electron chi connectivity index (χ2n) is 8.37. The standard InChI is InChI=1S/C18H34O4/c1-9-13(15(19)21-11-17(3,4)5)14(10-2)16(20)22-12-18(6,7)8/h13-14H,9-12H2,1-8H3/t13-,14-/m0/s1. The van der Waals surface area contributed by atoms with E-state index in [0.717, 1.165) is 0 Å². The van der Waals surface area contributed by atoms with Gasteiger partial charge in [0, 0.05) is 0 Å². The lowest BCUT2D eigenvalue weighted by molar-refractivity contribution is -0.164. The Bertz CT molecular complexity index is 324. The third-order valence-corrected chi connectivity index (χ3v) is 3.27. The average Bonchev–Trinajstić information content (AvgIpc) is 2.37. The summed E-state index contributed by atoms with van der Waals surface area (Å²) in [7, 11) is 0. The monoisotopic (exact) mass is 314 g/mol. The van der Waals surface area contributed by atoms with Gasteiger partial charge in [0.25, 0.3) is 0 Å². The molecule has 0 heterocycles. The predicted octanol–water partition coefficient (Wildman–Crippen LogP) is 4.22. The van der Waals surface area contributed by atoms with Crippen molar-refractivity contribution in [3.63, 3.8) is 0 Å². The summed E-state index contributed by atoms with van der Waals surface area (Å²) in [6, 6.07) is 0. The minimum Gasteiger partial charge on any atom is -0.465 e. The highest BCUT2D eigenvalue weighted by Crippen LogP contribution is 2.25. The zero-order valence-electron chi connectivity index (χ0n) is 15.6. The summed E-state index contributed by atoms with van der Waals surface area (Å²) in [5.74, 6) is -1.45. The number of ether oxygens (including phenoxy) is 2. The van der Waals surface area contributed by atoms with Gasteiger partial charge in [-0.3, -0.25) is 9.59 Å². The number of rotatable bonds is 7. The van der Waals surface area contributed by atoms with Crippen LogP contribution in [0.1, 0.15) is 68.2 Å². The van der Waals surface area contributed by atoms with Crippen molar-refractivity contribution in [2.24, 2.45) is 22.7 Å². The van der Waals surface area contributed by atoms with Gasteiger partial charge in [0.2, 0.25) is 0 Å². The smallest absolute Gasteiger partial charge is 0.309 e. The van der Waals surface area contributed by atoms with E-state index in [1.807, 2.05) is 55.4 Å². The molecule has 0 unspecified atom stereocenters. The van der Waals surface area contributed by atoms with Gasteiger partial charge in [0.15, 0.2) is 0 Å². The average molecular weight is 314 g/mol. The highest BCUT2D eigenvalue weighted by atomic mass is 16.5. The Morgan fingerprint density at radius 1 is 0.727 bits per heavy atom. The van der Waals surface area contributed by atoms with Gasteiger partial charge in [0.1, 0.15) is 0 Å². The number of hydrogen-bond donors (Lipinski definition) is 0. The molecule has 4 heteroatoms. The lowest BCUT2D eigenvalue weighted by atomic mass is 9.87. The van der Waals surface area contributed by atoms with Crippen LogP contribution in [0.15, 0.2) is 0 Å². The largest absolute Gasteiger partial charge is 0.465 e. The maximum absolute atomic E-state index is 12.3. The Morgan fingerprint density at radius 2 is 1.00 bits per heavy atom. The number of carbonyl (C=O) groups is 2. The molecule has 0 saturated carbocycles. The van der Waals surface area contributed by atoms with Crippen molar-refractivity contribution in [2.75, 3.05) is 13.2 Å². The molecule has 0 aliphatic carbocycles. The Kier molecular flexibility index (Phi) is 8.13. The molecular weight excluding hydrogens is 280 g/mol. The van der Waals surface area contributed by atoms with Crippen molar-refractivity contribution in [3.8, 4) is 0 Å². The second kappa shape index (κ2) is 8.54. The fourth-order valence-electron chi connectivity index (χ4n) is 2.02. The zero-order valence-corrected chi connectivity index (χ0v) is 15.6. The fourth-order valence-corrected chi connectivity index (χ4v) is 2.02. The maximum Gasteiger partial charge on any atom is 0.309 e. The molecule has 0 aliphatic rings. The molecule has 0 N–H and O–H groups in total. The van der Waals surface area contributed by atoms with Gasteiger partial charge >= 0.3 is 11.9 Å². The molecule has 22 heavy (non-hydrogen) atoms. The minimum absolute atomic E-state index is 0.0809. The summed E-state index contributed by atoms with van der Waals surface area (Å²) in [5.41, 5.74) is -0.162. The van der Waals surface area contributed by atoms with Crippen LogP contribution in [0.3, 0.4) is 0 Å². The molecule has 0 spiro atoms. The summed E-state index contributed by atoms with van der Waals surface area (Å²) in [4.78, 5) is 24.6. The molecule has 0 rings (SSSR count). The van der Waals surface area contributed by atoms with Gasteiger partial charge in [-0.2, -0.15) is 0 Å². The Balaban J connectivity index is 4.78. The first-order valence-corrected chi connectivity index (χ1v) is 8.24. The Morgan fingerprint density at radius 3 is 1.18 bits per heavy atom. The van der Waals surface area contributed by atoms with Gasteiger partial charge < -0.3 is 9.47 Å². The first kappa shape index (κ1) is 20.9. The highest BCUT2D eigenvalue weighted by Gasteiger charge is 2.34. The second-order valence-corrected chi connectivity index (χ2v) is 8.37. The normalized spacial score (nSPS) is 15.1. The molecule has 0 aromatic heterocycles. The van der Waals surface area contributed by atoms with Crippen molar-refractivity contribution < 1.29 is 19.1 Å². The van der Waals surface area contributed by atoms with E-state index < -0.39 is 11.8 Å². The van der Waals surface area contributed by atoms with Gasteiger partial charge in [-0.05, 0) is 23.7 Å². The molecular formula is C18H34O4. The van der Waals surface area contributed by atoms with E-state index in [9.17, 15) is 9.59 Å². The van der Waals surface area contributed by atoms with Gasteiger partial charge in [0.05, 0.1) is 25.0 Å². The number of esters is 2. The molecule has 0 aromatic rings. The quantitative estimate of drug-likeness (QED) is 0.660. The van der Waals surface area contributed by atoms with Crippen molar-refractivity contribution in [3.05, 3.63) is 0 Å². The lowest BCUT2D eigenvalue weighted by Gasteiger charge is -2.26. The van der Waals surface area contributed by atoms with Crippen LogP contribution in [0.5, 0.6) is 0 Å². The molecule has 2 atom stereocenters. The Labute approximate surface area is 135 Å². The zero-order chi connectivity index (χ0) is 17.6. The first-order chi connectivity index (χ1) is 9.91. The van der Waals surface area contributed by atoms with Crippen molar-refractivity contribution in [1.82, 2.24) is 0 Å². The van der Waals surface area contributed by atoms with Crippen LogP contribution < -0.4 is 0 Å². The molecule has 0 radical (unpaired) electrons. The van der Waals surface area contributed by atoms with E-state index in [1.165, 1.54) is 0 Å². The molecule has 0 fully saturated rings. The van der Waals surface area contributed by atoms with Crippen molar-refractivity contribution >= 4 is 11.9 Å². The summed E-state index contributed by atoms with van der Waals surface area (Å²) in [6.45, 7) is 16.6. The van der Waals surface area contributed by atoms with Crippen LogP contribution in [-0.2, 0) is 19.1 Å². The van der Waals surface area contributed by atoms with Crippen LogP contribution in [0, 0.1) is 22.7 Å². The molecule has 0 amide bonds. The van der Waals surface area contributed by atoms with Gasteiger partial charge in [-0.15, -0.1) is 0 Å². The maximum atomic E-state index is 12.3. The van der Waals surface area contributed by atoms with Crippen LogP contribution >= 0.6 is 0 Å². The van der Waals surface area contributed by atoms with Crippen molar-refractivity contribution in [1.29, 1.82) is 0 Å². The molecule has 0 saturated heterocycles. The van der Waals surface area contributed by atoms with E-state index in [4.69, 9.17) is 9.47 Å². The Hall–Kier alpha value is -1.06. The number of carbonyl (C=O) groups excluding carboxylic acids is 2. The summed E-state index contributed by atoms with van der Waals surface area (Å²) < 4.78 is 10.8. The summed E-state index contributed by atoms with van der Waals surface area (Å²) in [5, 5.41) is 0. The number of hydrogen-bond acceptors (Lipinski definition) is 4. The summed E-state index contributed by atoms with van der Waals surface area (Å²) >= 11 is 0. The molecule has 4 nitrogen and oxygen atoms in total. The van der Waals surface area contributed by atoms with E-state index in [1.54, 1.807) is 0 Å². The van der Waals surface area contributed by atoms with Crippen LogP contribution in [0.4, 0.5) is 0 Å². The van der Waals surface area contributed by atoms with Crippen LogP contribution in [0.25, 0.3) is 0 Å². The van der Waals surface area contributed by atoms with Gasteiger partial charge in [-0.25, -0.2) is 0 Å². The van der Waals surface area contributed by atoms with Gasteiger partial charge in [-0.1, -0.05) is 55.4 Å². The van der Waals surface area contributed by atoms with E-state index in [2.05, 4.69) is 0 Å². The lowest BCUT2D eigenvalue weighted by Crippen LogP contribution is -2.34. The fraction of sp³-hybridized carbons (Fsp3) is 0.889. The highest BCUT2D eigenvalue weighted by molar-refractivity contribution is 5.82. The molecule has 130 valence electrons. The SMILES string of the molecule is CC[C@H](C(=O)OCC(C)(C)C)[C@H](CC)C(=O)OCC(C)(C)C. The third kappa shape index (κ3) is 8.40. The van der Waals surface area contributed by atoms with Crippen molar-refractivity contribution in [2.45, 2.75) is 68.2 Å². The summed E-state index contributed by atoms with van der Waals surface area (Å²) in [6.07, 6.45) is 1.15. The van der Waals surface area contributed by atoms with E-state index in [0.29, 0.717) is 26.1 Å². The van der Waals surface area contributed by atoms with E-state index >= 15 is 0 Å². The van der Waals surface area contributed by atoms with Crippen LogP contribution in [0.2, 0.25) is 0 Å². The molecule has 0 aromatic carbocycles. The minimum atomic E-state index is -0.431. The van der Waals surface area contributed by atoms with Crippen LogP contribution in [-0.4, -0.2) is 25.2 Å². The first-order valence-electron chi connectivity index (χ1n) is 8.24. The predicted molar refractivity (Wildman–Crippen MR) is 88.4 cm³/mol. The topological polar surface area (TPSA) is 52.6 Å². The molecule has 0 aliphatic heterocycles. The molecule has 0 bridgehead atoms.